The zero-order valence-electron chi connectivity index (χ0n) is 14.6. The monoisotopic (exact) mass is 372 g/mol. The SMILES string of the molecule is CN(Cc1ccc(C(F)(F)F)cc1)C(=O)NC1CCN(CC(N)=O)CC1. The van der Waals surface area contributed by atoms with E-state index in [4.69, 9.17) is 5.73 Å². The summed E-state index contributed by atoms with van der Waals surface area (Å²) < 4.78 is 37.7. The molecule has 3 N–H and O–H groups in total. The summed E-state index contributed by atoms with van der Waals surface area (Å²) >= 11 is 0. The lowest BCUT2D eigenvalue weighted by molar-refractivity contribution is -0.137. The number of nitrogens with two attached hydrogens (primary N) is 1. The Labute approximate surface area is 150 Å². The van der Waals surface area contributed by atoms with E-state index in [0.29, 0.717) is 31.5 Å². The zero-order valence-corrected chi connectivity index (χ0v) is 14.6. The molecule has 0 unspecified atom stereocenters. The summed E-state index contributed by atoms with van der Waals surface area (Å²) in [7, 11) is 1.59. The van der Waals surface area contributed by atoms with E-state index in [9.17, 15) is 22.8 Å². The van der Waals surface area contributed by atoms with Crippen LogP contribution < -0.4 is 11.1 Å². The number of primary amides is 1. The van der Waals surface area contributed by atoms with Crippen LogP contribution in [-0.4, -0.2) is 54.5 Å². The summed E-state index contributed by atoms with van der Waals surface area (Å²) in [6.45, 7) is 1.78. The molecule has 1 fully saturated rings. The normalized spacial score (nSPS) is 16.3. The minimum absolute atomic E-state index is 0.00156. The summed E-state index contributed by atoms with van der Waals surface area (Å²) in [5, 5.41) is 2.91. The Balaban J connectivity index is 1.80. The number of nitrogens with zero attached hydrogens (tertiary/aromatic N) is 2. The summed E-state index contributed by atoms with van der Waals surface area (Å²) in [4.78, 5) is 26.5. The number of piperidine rings is 1. The van der Waals surface area contributed by atoms with Crippen molar-refractivity contribution >= 4 is 11.9 Å². The first kappa shape index (κ1) is 20.0. The Morgan fingerprint density at radius 2 is 1.81 bits per heavy atom. The van der Waals surface area contributed by atoms with E-state index in [-0.39, 0.29) is 31.1 Å². The van der Waals surface area contributed by atoms with Gasteiger partial charge in [-0.25, -0.2) is 4.79 Å². The third kappa shape index (κ3) is 5.91. The highest BCUT2D eigenvalue weighted by Gasteiger charge is 2.30. The molecular formula is C17H23F3N4O2. The van der Waals surface area contributed by atoms with Crippen LogP contribution in [0.25, 0.3) is 0 Å². The molecule has 0 bridgehead atoms. The van der Waals surface area contributed by atoms with Gasteiger partial charge in [0.25, 0.3) is 0 Å². The Bertz CT molecular complexity index is 626. The zero-order chi connectivity index (χ0) is 19.3. The Morgan fingerprint density at radius 3 is 2.31 bits per heavy atom. The molecular weight excluding hydrogens is 349 g/mol. The number of hydrogen-bond donors (Lipinski definition) is 2. The van der Waals surface area contributed by atoms with Gasteiger partial charge in [-0.05, 0) is 30.5 Å². The van der Waals surface area contributed by atoms with Crippen LogP contribution in [0.15, 0.2) is 24.3 Å². The molecule has 0 saturated carbocycles. The maximum absolute atomic E-state index is 12.6. The van der Waals surface area contributed by atoms with Gasteiger partial charge >= 0.3 is 12.2 Å². The Morgan fingerprint density at radius 1 is 1.23 bits per heavy atom. The minimum Gasteiger partial charge on any atom is -0.369 e. The highest BCUT2D eigenvalue weighted by Crippen LogP contribution is 2.29. The molecule has 0 aromatic heterocycles. The van der Waals surface area contributed by atoms with E-state index in [0.717, 1.165) is 12.1 Å². The number of carbonyl (C=O) groups excluding carboxylic acids is 2. The van der Waals surface area contributed by atoms with E-state index < -0.39 is 11.7 Å². The number of alkyl halides is 3. The summed E-state index contributed by atoms with van der Waals surface area (Å²) in [5.74, 6) is -0.372. The topological polar surface area (TPSA) is 78.7 Å². The standard InChI is InChI=1S/C17H23F3N4O2/c1-23(10-12-2-4-13(5-3-12)17(18,19)20)16(26)22-14-6-8-24(9-7-14)11-15(21)25/h2-5,14H,6-11H2,1H3,(H2,21,25)(H,22,26). The molecule has 1 aliphatic rings. The average Bonchev–Trinajstić information content (AvgIpc) is 2.55. The lowest BCUT2D eigenvalue weighted by Crippen LogP contribution is -2.49. The van der Waals surface area contributed by atoms with E-state index >= 15 is 0 Å². The van der Waals surface area contributed by atoms with Gasteiger partial charge in [-0.3, -0.25) is 9.69 Å². The van der Waals surface area contributed by atoms with Crippen molar-refractivity contribution in [2.75, 3.05) is 26.7 Å². The van der Waals surface area contributed by atoms with Crippen molar-refractivity contribution in [1.82, 2.24) is 15.1 Å². The van der Waals surface area contributed by atoms with Crippen LogP contribution in [0.5, 0.6) is 0 Å². The molecule has 26 heavy (non-hydrogen) atoms. The number of halogens is 3. The molecule has 0 spiro atoms. The van der Waals surface area contributed by atoms with Gasteiger partial charge in [0.05, 0.1) is 12.1 Å². The number of carbonyl (C=O) groups is 2. The molecule has 2 rings (SSSR count). The van der Waals surface area contributed by atoms with E-state index in [2.05, 4.69) is 5.32 Å². The van der Waals surface area contributed by atoms with Crippen molar-refractivity contribution in [3.8, 4) is 0 Å². The highest BCUT2D eigenvalue weighted by atomic mass is 19.4. The number of amides is 3. The van der Waals surface area contributed by atoms with Gasteiger partial charge in [-0.2, -0.15) is 13.2 Å². The van der Waals surface area contributed by atoms with Crippen LogP contribution >= 0.6 is 0 Å². The van der Waals surface area contributed by atoms with Crippen LogP contribution in [0.3, 0.4) is 0 Å². The fraction of sp³-hybridized carbons (Fsp3) is 0.529. The van der Waals surface area contributed by atoms with Gasteiger partial charge in [0.1, 0.15) is 0 Å². The van der Waals surface area contributed by atoms with E-state index in [1.54, 1.807) is 7.05 Å². The summed E-state index contributed by atoms with van der Waals surface area (Å²) in [5.41, 5.74) is 5.07. The van der Waals surface area contributed by atoms with Crippen LogP contribution in [0.2, 0.25) is 0 Å². The number of benzene rings is 1. The molecule has 1 aromatic rings. The molecule has 3 amide bonds. The van der Waals surface area contributed by atoms with Crippen molar-refractivity contribution in [2.45, 2.75) is 31.6 Å². The molecule has 1 saturated heterocycles. The van der Waals surface area contributed by atoms with Gasteiger partial charge in [0.2, 0.25) is 5.91 Å². The first-order chi connectivity index (χ1) is 12.1. The molecule has 9 heteroatoms. The smallest absolute Gasteiger partial charge is 0.369 e. The van der Waals surface area contributed by atoms with Crippen molar-refractivity contribution in [3.05, 3.63) is 35.4 Å². The summed E-state index contributed by atoms with van der Waals surface area (Å²) in [6.07, 6.45) is -2.94. The van der Waals surface area contributed by atoms with Gasteiger partial charge in [-0.1, -0.05) is 12.1 Å². The predicted molar refractivity (Wildman–Crippen MR) is 90.1 cm³/mol. The number of hydrogen-bond acceptors (Lipinski definition) is 3. The van der Waals surface area contributed by atoms with Crippen molar-refractivity contribution in [2.24, 2.45) is 5.73 Å². The van der Waals surface area contributed by atoms with Crippen molar-refractivity contribution < 1.29 is 22.8 Å². The fourth-order valence-corrected chi connectivity index (χ4v) is 2.89. The van der Waals surface area contributed by atoms with Crippen LogP contribution in [0, 0.1) is 0 Å². The second kappa shape index (κ2) is 8.39. The third-order valence-corrected chi connectivity index (χ3v) is 4.34. The Kier molecular flexibility index (Phi) is 6.47. The first-order valence-electron chi connectivity index (χ1n) is 8.33. The minimum atomic E-state index is -4.37. The quantitative estimate of drug-likeness (QED) is 0.827. The van der Waals surface area contributed by atoms with Crippen LogP contribution in [0.1, 0.15) is 24.0 Å². The number of nitrogens with one attached hydrogen (secondary N) is 1. The largest absolute Gasteiger partial charge is 0.416 e. The predicted octanol–water partition coefficient (Wildman–Crippen LogP) is 1.80. The fourth-order valence-electron chi connectivity index (χ4n) is 2.89. The summed E-state index contributed by atoms with van der Waals surface area (Å²) in [6, 6.07) is 4.48. The molecule has 1 heterocycles. The molecule has 6 nitrogen and oxygen atoms in total. The molecule has 1 aliphatic heterocycles. The van der Waals surface area contributed by atoms with Gasteiger partial charge in [0.15, 0.2) is 0 Å². The van der Waals surface area contributed by atoms with Crippen molar-refractivity contribution in [1.29, 1.82) is 0 Å². The van der Waals surface area contributed by atoms with Gasteiger partial charge in [0, 0.05) is 32.7 Å². The molecule has 0 atom stereocenters. The third-order valence-electron chi connectivity index (χ3n) is 4.34. The molecule has 144 valence electrons. The second-order valence-corrected chi connectivity index (χ2v) is 6.52. The second-order valence-electron chi connectivity index (χ2n) is 6.52. The molecule has 0 aliphatic carbocycles. The van der Waals surface area contributed by atoms with Gasteiger partial charge < -0.3 is 16.0 Å². The maximum Gasteiger partial charge on any atom is 0.416 e. The van der Waals surface area contributed by atoms with Crippen LogP contribution in [0.4, 0.5) is 18.0 Å². The average molecular weight is 372 g/mol. The Hall–Kier alpha value is -2.29. The number of urea groups is 1. The number of likely N-dealkylation sites (tertiary alicyclic amines) is 1. The van der Waals surface area contributed by atoms with E-state index in [1.165, 1.54) is 17.0 Å². The molecule has 1 aromatic carbocycles. The number of rotatable bonds is 5. The maximum atomic E-state index is 12.6. The van der Waals surface area contributed by atoms with Crippen LogP contribution in [-0.2, 0) is 17.5 Å². The highest BCUT2D eigenvalue weighted by molar-refractivity contribution is 5.76. The molecule has 0 radical (unpaired) electrons. The van der Waals surface area contributed by atoms with Crippen molar-refractivity contribution in [3.63, 3.8) is 0 Å². The van der Waals surface area contributed by atoms with Gasteiger partial charge in [-0.15, -0.1) is 0 Å². The first-order valence-corrected chi connectivity index (χ1v) is 8.33. The lowest BCUT2D eigenvalue weighted by Gasteiger charge is -2.32. The van der Waals surface area contributed by atoms with E-state index in [1.807, 2.05) is 4.90 Å². The lowest BCUT2D eigenvalue weighted by atomic mass is 10.1.